The zero-order valence-electron chi connectivity index (χ0n) is 13.7. The number of nitrogens with one attached hydrogen (secondary N) is 1. The van der Waals surface area contributed by atoms with Gasteiger partial charge < -0.3 is 19.7 Å². The average molecular weight is 306 g/mol. The quantitative estimate of drug-likeness (QED) is 0.861. The van der Waals surface area contributed by atoms with Crippen molar-refractivity contribution in [1.82, 2.24) is 10.2 Å². The molecule has 2 unspecified atom stereocenters. The van der Waals surface area contributed by atoms with Gasteiger partial charge in [0.2, 0.25) is 5.91 Å². The molecule has 0 bridgehead atoms. The lowest BCUT2D eigenvalue weighted by Crippen LogP contribution is -2.49. The van der Waals surface area contributed by atoms with E-state index in [-0.39, 0.29) is 12.0 Å². The summed E-state index contributed by atoms with van der Waals surface area (Å²) in [5.41, 5.74) is 1.25. The topological polar surface area (TPSA) is 50.8 Å². The number of carbonyl (C=O) groups is 1. The number of methoxy groups -OCH3 is 1. The summed E-state index contributed by atoms with van der Waals surface area (Å²) in [6.45, 7) is 4.97. The van der Waals surface area contributed by atoms with Gasteiger partial charge >= 0.3 is 0 Å². The number of amides is 1. The first kappa shape index (κ1) is 16.8. The van der Waals surface area contributed by atoms with Gasteiger partial charge in [0.1, 0.15) is 11.9 Å². The Morgan fingerprint density at radius 1 is 1.45 bits per heavy atom. The van der Waals surface area contributed by atoms with Crippen molar-refractivity contribution in [3.63, 3.8) is 0 Å². The Kier molecular flexibility index (Phi) is 6.21. The third-order valence-electron chi connectivity index (χ3n) is 3.93. The Balaban J connectivity index is 1.74. The number of carbonyl (C=O) groups excluding carboxylic acids is 1. The molecule has 1 aromatic carbocycles. The van der Waals surface area contributed by atoms with Crippen LogP contribution < -0.4 is 10.1 Å². The summed E-state index contributed by atoms with van der Waals surface area (Å²) in [6, 6.07) is 8.06. The van der Waals surface area contributed by atoms with E-state index in [4.69, 9.17) is 9.47 Å². The van der Waals surface area contributed by atoms with E-state index in [9.17, 15) is 4.79 Å². The summed E-state index contributed by atoms with van der Waals surface area (Å²) in [7, 11) is 3.67. The molecule has 22 heavy (non-hydrogen) atoms. The van der Waals surface area contributed by atoms with E-state index in [1.54, 1.807) is 7.11 Å². The van der Waals surface area contributed by atoms with Crippen LogP contribution in [0.2, 0.25) is 0 Å². The third-order valence-corrected chi connectivity index (χ3v) is 3.93. The molecule has 1 N–H and O–H groups in total. The van der Waals surface area contributed by atoms with Crippen LogP contribution in [0, 0.1) is 5.92 Å². The van der Waals surface area contributed by atoms with E-state index in [0.717, 1.165) is 18.7 Å². The minimum Gasteiger partial charge on any atom is -0.497 e. The van der Waals surface area contributed by atoms with E-state index in [2.05, 4.69) is 29.3 Å². The summed E-state index contributed by atoms with van der Waals surface area (Å²) in [5, 5.41) is 3.00. The van der Waals surface area contributed by atoms with Crippen molar-refractivity contribution >= 4 is 5.91 Å². The second kappa shape index (κ2) is 8.15. The number of morpholine rings is 1. The van der Waals surface area contributed by atoms with Crippen molar-refractivity contribution in [2.75, 3.05) is 40.4 Å². The van der Waals surface area contributed by atoms with E-state index in [1.165, 1.54) is 5.56 Å². The molecule has 0 saturated carbocycles. The molecule has 5 heteroatoms. The fourth-order valence-corrected chi connectivity index (χ4v) is 2.56. The Hall–Kier alpha value is -1.59. The van der Waals surface area contributed by atoms with Crippen LogP contribution in [0.25, 0.3) is 0 Å². The number of likely N-dealkylation sites (N-methyl/N-ethyl adjacent to an activating group) is 1. The summed E-state index contributed by atoms with van der Waals surface area (Å²) in [4.78, 5) is 14.2. The summed E-state index contributed by atoms with van der Waals surface area (Å²) in [6.07, 6.45) is 0.585. The molecule has 1 aliphatic rings. The zero-order chi connectivity index (χ0) is 15.9. The first-order chi connectivity index (χ1) is 10.6. The molecular formula is C17H26N2O3. The summed E-state index contributed by atoms with van der Waals surface area (Å²) < 4.78 is 10.7. The largest absolute Gasteiger partial charge is 0.497 e. The molecule has 0 aliphatic carbocycles. The average Bonchev–Trinajstić information content (AvgIpc) is 2.53. The lowest BCUT2D eigenvalue weighted by atomic mass is 10.0. The Morgan fingerprint density at radius 3 is 2.82 bits per heavy atom. The molecule has 0 radical (unpaired) electrons. The van der Waals surface area contributed by atoms with Gasteiger partial charge in [-0.1, -0.05) is 19.1 Å². The predicted molar refractivity (Wildman–Crippen MR) is 86.1 cm³/mol. The maximum absolute atomic E-state index is 12.1. The molecule has 1 amide bonds. The molecule has 1 aromatic rings. The van der Waals surface area contributed by atoms with E-state index >= 15 is 0 Å². The Bertz CT molecular complexity index is 475. The van der Waals surface area contributed by atoms with Crippen molar-refractivity contribution in [2.24, 2.45) is 5.92 Å². The smallest absolute Gasteiger partial charge is 0.250 e. The zero-order valence-corrected chi connectivity index (χ0v) is 13.7. The molecule has 122 valence electrons. The van der Waals surface area contributed by atoms with Gasteiger partial charge in [0.05, 0.1) is 13.7 Å². The number of nitrogens with zero attached hydrogens (tertiary/aromatic N) is 1. The van der Waals surface area contributed by atoms with Gasteiger partial charge in [0, 0.05) is 19.6 Å². The van der Waals surface area contributed by atoms with Crippen molar-refractivity contribution in [3.8, 4) is 5.75 Å². The maximum Gasteiger partial charge on any atom is 0.250 e. The summed E-state index contributed by atoms with van der Waals surface area (Å²) >= 11 is 0. The molecule has 1 aliphatic heterocycles. The highest BCUT2D eigenvalue weighted by Gasteiger charge is 2.24. The SMILES string of the molecule is COc1ccc(CC(C)CNC(=O)C2CN(C)CCO2)cc1. The molecule has 5 nitrogen and oxygen atoms in total. The monoisotopic (exact) mass is 306 g/mol. The second-order valence-corrected chi connectivity index (χ2v) is 6.02. The normalized spacial score (nSPS) is 20.4. The van der Waals surface area contributed by atoms with Crippen molar-refractivity contribution in [1.29, 1.82) is 0 Å². The molecule has 1 fully saturated rings. The highest BCUT2D eigenvalue weighted by molar-refractivity contribution is 5.81. The van der Waals surface area contributed by atoms with Crippen molar-refractivity contribution < 1.29 is 14.3 Å². The first-order valence-corrected chi connectivity index (χ1v) is 7.79. The minimum absolute atomic E-state index is 0.00636. The van der Waals surface area contributed by atoms with Crippen LogP contribution in [0.5, 0.6) is 5.75 Å². The fourth-order valence-electron chi connectivity index (χ4n) is 2.56. The van der Waals surface area contributed by atoms with Crippen molar-refractivity contribution in [2.45, 2.75) is 19.4 Å². The maximum atomic E-state index is 12.1. The molecule has 0 spiro atoms. The second-order valence-electron chi connectivity index (χ2n) is 6.02. The number of hydrogen-bond donors (Lipinski definition) is 1. The number of ether oxygens (including phenoxy) is 2. The van der Waals surface area contributed by atoms with Gasteiger partial charge in [-0.2, -0.15) is 0 Å². The lowest BCUT2D eigenvalue weighted by molar-refractivity contribution is -0.137. The lowest BCUT2D eigenvalue weighted by Gasteiger charge is -2.29. The standard InChI is InChI=1S/C17H26N2O3/c1-13(10-14-4-6-15(21-3)7-5-14)11-18-17(20)16-12-19(2)8-9-22-16/h4-7,13,16H,8-12H2,1-3H3,(H,18,20). The molecule has 2 atom stereocenters. The van der Waals surface area contributed by atoms with E-state index in [1.807, 2.05) is 19.2 Å². The van der Waals surface area contributed by atoms with Crippen molar-refractivity contribution in [3.05, 3.63) is 29.8 Å². The van der Waals surface area contributed by atoms with Gasteiger partial charge in [0.25, 0.3) is 0 Å². The highest BCUT2D eigenvalue weighted by atomic mass is 16.5. The minimum atomic E-state index is -0.341. The molecular weight excluding hydrogens is 280 g/mol. The van der Waals surface area contributed by atoms with E-state index < -0.39 is 0 Å². The van der Waals surface area contributed by atoms with E-state index in [0.29, 0.717) is 25.6 Å². The third kappa shape index (κ3) is 5.00. The molecule has 2 rings (SSSR count). The number of hydrogen-bond acceptors (Lipinski definition) is 4. The van der Waals surface area contributed by atoms with Gasteiger partial charge in [-0.25, -0.2) is 0 Å². The predicted octanol–water partition coefficient (Wildman–Crippen LogP) is 1.32. The Labute approximate surface area is 132 Å². The van der Waals surface area contributed by atoms with Crippen LogP contribution in [0.4, 0.5) is 0 Å². The van der Waals surface area contributed by atoms with Crippen LogP contribution in [0.15, 0.2) is 24.3 Å². The number of rotatable bonds is 6. The van der Waals surface area contributed by atoms with Gasteiger partial charge in [-0.3, -0.25) is 4.79 Å². The number of benzene rings is 1. The molecule has 0 aromatic heterocycles. The highest BCUT2D eigenvalue weighted by Crippen LogP contribution is 2.14. The van der Waals surface area contributed by atoms with Gasteiger partial charge in [-0.15, -0.1) is 0 Å². The summed E-state index contributed by atoms with van der Waals surface area (Å²) in [5.74, 6) is 1.23. The van der Waals surface area contributed by atoms with Crippen LogP contribution in [0.1, 0.15) is 12.5 Å². The van der Waals surface area contributed by atoms with Crippen LogP contribution in [-0.4, -0.2) is 57.3 Å². The Morgan fingerprint density at radius 2 is 2.18 bits per heavy atom. The van der Waals surface area contributed by atoms with Gasteiger partial charge in [0.15, 0.2) is 0 Å². The van der Waals surface area contributed by atoms with Gasteiger partial charge in [-0.05, 0) is 37.1 Å². The van der Waals surface area contributed by atoms with Crippen LogP contribution in [-0.2, 0) is 16.0 Å². The fraction of sp³-hybridized carbons (Fsp3) is 0.588. The van der Waals surface area contributed by atoms with Crippen LogP contribution >= 0.6 is 0 Å². The molecule has 1 heterocycles. The molecule has 1 saturated heterocycles. The first-order valence-electron chi connectivity index (χ1n) is 7.79. The van der Waals surface area contributed by atoms with Crippen LogP contribution in [0.3, 0.4) is 0 Å².